The third-order valence-electron chi connectivity index (χ3n) is 4.44. The molecule has 0 atom stereocenters. The van der Waals surface area contributed by atoms with Gasteiger partial charge in [-0.25, -0.2) is 4.98 Å². The molecule has 3 aromatic rings. The number of thiazole rings is 1. The molecule has 7 heteroatoms. The van der Waals surface area contributed by atoms with Crippen molar-refractivity contribution in [1.82, 2.24) is 15.2 Å². The SMILES string of the molecule is O=C(CCN1C(=O)c2ccccc2C1=O)NCCc1nc2ccccc2s1. The fraction of sp³-hybridized carbons (Fsp3) is 0.200. The van der Waals surface area contributed by atoms with Crippen LogP contribution in [0.25, 0.3) is 10.2 Å². The van der Waals surface area contributed by atoms with Gasteiger partial charge < -0.3 is 5.32 Å². The quantitative estimate of drug-likeness (QED) is 0.668. The van der Waals surface area contributed by atoms with Crippen LogP contribution >= 0.6 is 11.3 Å². The number of rotatable bonds is 6. The second kappa shape index (κ2) is 7.28. The molecule has 27 heavy (non-hydrogen) atoms. The van der Waals surface area contributed by atoms with Crippen molar-refractivity contribution in [2.45, 2.75) is 12.8 Å². The van der Waals surface area contributed by atoms with Gasteiger partial charge in [0.1, 0.15) is 0 Å². The van der Waals surface area contributed by atoms with Crippen LogP contribution in [0.5, 0.6) is 0 Å². The molecule has 0 spiro atoms. The Morgan fingerprint density at radius 2 is 1.67 bits per heavy atom. The third-order valence-corrected chi connectivity index (χ3v) is 5.54. The number of para-hydroxylation sites is 1. The van der Waals surface area contributed by atoms with Crippen molar-refractivity contribution in [3.05, 3.63) is 64.7 Å². The average molecular weight is 379 g/mol. The van der Waals surface area contributed by atoms with Gasteiger partial charge in [0.05, 0.1) is 26.4 Å². The van der Waals surface area contributed by atoms with Gasteiger partial charge in [0.2, 0.25) is 5.91 Å². The Morgan fingerprint density at radius 3 is 2.37 bits per heavy atom. The van der Waals surface area contributed by atoms with Crippen LogP contribution < -0.4 is 5.32 Å². The van der Waals surface area contributed by atoms with E-state index in [1.807, 2.05) is 24.3 Å². The van der Waals surface area contributed by atoms with Gasteiger partial charge in [0.25, 0.3) is 11.8 Å². The minimum absolute atomic E-state index is 0.0827. The van der Waals surface area contributed by atoms with Crippen LogP contribution in [-0.4, -0.2) is 40.7 Å². The maximum absolute atomic E-state index is 12.3. The number of nitrogens with zero attached hydrogens (tertiary/aromatic N) is 2. The van der Waals surface area contributed by atoms with Crippen molar-refractivity contribution in [2.75, 3.05) is 13.1 Å². The van der Waals surface area contributed by atoms with E-state index in [1.54, 1.807) is 35.6 Å². The van der Waals surface area contributed by atoms with Crippen molar-refractivity contribution in [2.24, 2.45) is 0 Å². The second-order valence-electron chi connectivity index (χ2n) is 6.23. The topological polar surface area (TPSA) is 79.4 Å². The number of aromatic nitrogens is 1. The Bertz CT molecular complexity index is 976. The Hall–Kier alpha value is -3.06. The molecular formula is C20H17N3O3S. The van der Waals surface area contributed by atoms with Gasteiger partial charge in [-0.05, 0) is 24.3 Å². The monoisotopic (exact) mass is 379 g/mol. The fourth-order valence-corrected chi connectivity index (χ4v) is 4.05. The summed E-state index contributed by atoms with van der Waals surface area (Å²) in [4.78, 5) is 42.3. The van der Waals surface area contributed by atoms with Gasteiger partial charge in [-0.1, -0.05) is 24.3 Å². The number of imide groups is 1. The van der Waals surface area contributed by atoms with Crippen LogP contribution in [0.3, 0.4) is 0 Å². The fourth-order valence-electron chi connectivity index (χ4n) is 3.08. The maximum atomic E-state index is 12.3. The van der Waals surface area contributed by atoms with Crippen LogP contribution in [0.1, 0.15) is 32.1 Å². The van der Waals surface area contributed by atoms with Gasteiger partial charge in [-0.3, -0.25) is 19.3 Å². The zero-order valence-corrected chi connectivity index (χ0v) is 15.3. The molecule has 0 saturated carbocycles. The zero-order chi connectivity index (χ0) is 18.8. The van der Waals surface area contributed by atoms with Gasteiger partial charge in [-0.15, -0.1) is 11.3 Å². The molecule has 0 bridgehead atoms. The molecule has 0 radical (unpaired) electrons. The largest absolute Gasteiger partial charge is 0.356 e. The van der Waals surface area contributed by atoms with Gasteiger partial charge >= 0.3 is 0 Å². The molecule has 0 fully saturated rings. The lowest BCUT2D eigenvalue weighted by molar-refractivity contribution is -0.121. The number of carbonyl (C=O) groups excluding carboxylic acids is 3. The highest BCUT2D eigenvalue weighted by Gasteiger charge is 2.34. The number of benzene rings is 2. The summed E-state index contributed by atoms with van der Waals surface area (Å²) >= 11 is 1.62. The Kier molecular flexibility index (Phi) is 4.68. The van der Waals surface area contributed by atoms with Crippen LogP contribution in [0, 0.1) is 0 Å². The molecule has 1 aliphatic heterocycles. The predicted octanol–water partition coefficient (Wildman–Crippen LogP) is 2.64. The summed E-state index contributed by atoms with van der Waals surface area (Å²) in [5.41, 5.74) is 1.77. The lowest BCUT2D eigenvalue weighted by atomic mass is 10.1. The highest BCUT2D eigenvalue weighted by atomic mass is 32.1. The van der Waals surface area contributed by atoms with Gasteiger partial charge in [-0.2, -0.15) is 0 Å². The summed E-state index contributed by atoms with van der Waals surface area (Å²) < 4.78 is 1.13. The summed E-state index contributed by atoms with van der Waals surface area (Å²) in [5, 5.41) is 3.80. The first kappa shape index (κ1) is 17.4. The summed E-state index contributed by atoms with van der Waals surface area (Å²) in [5.74, 6) is -0.858. The molecule has 3 amide bonds. The molecule has 1 N–H and O–H groups in total. The van der Waals surface area contributed by atoms with Crippen molar-refractivity contribution < 1.29 is 14.4 Å². The number of hydrogen-bond donors (Lipinski definition) is 1. The van der Waals surface area contributed by atoms with Crippen molar-refractivity contribution in [3.63, 3.8) is 0 Å². The van der Waals surface area contributed by atoms with E-state index in [0.29, 0.717) is 24.1 Å². The van der Waals surface area contributed by atoms with Crippen molar-refractivity contribution >= 4 is 39.3 Å². The van der Waals surface area contributed by atoms with Crippen LogP contribution in [0.15, 0.2) is 48.5 Å². The highest BCUT2D eigenvalue weighted by Crippen LogP contribution is 2.23. The first-order valence-electron chi connectivity index (χ1n) is 8.70. The molecule has 0 unspecified atom stereocenters. The van der Waals surface area contributed by atoms with Gasteiger partial charge in [0, 0.05) is 25.9 Å². The summed E-state index contributed by atoms with van der Waals surface area (Å²) in [7, 11) is 0. The maximum Gasteiger partial charge on any atom is 0.261 e. The van der Waals surface area contributed by atoms with E-state index in [0.717, 1.165) is 20.1 Å². The van der Waals surface area contributed by atoms with Crippen molar-refractivity contribution in [3.8, 4) is 0 Å². The van der Waals surface area contributed by atoms with E-state index in [1.165, 1.54) is 0 Å². The smallest absolute Gasteiger partial charge is 0.261 e. The third kappa shape index (κ3) is 3.46. The lowest BCUT2D eigenvalue weighted by Gasteiger charge is -2.13. The average Bonchev–Trinajstić information content (AvgIpc) is 3.20. The van der Waals surface area contributed by atoms with Crippen LogP contribution in [-0.2, 0) is 11.2 Å². The highest BCUT2D eigenvalue weighted by molar-refractivity contribution is 7.18. The molecular weight excluding hydrogens is 362 g/mol. The first-order chi connectivity index (χ1) is 13.1. The lowest BCUT2D eigenvalue weighted by Crippen LogP contribution is -2.35. The predicted molar refractivity (Wildman–Crippen MR) is 103 cm³/mol. The van der Waals surface area contributed by atoms with E-state index < -0.39 is 0 Å². The number of carbonyl (C=O) groups is 3. The molecule has 0 saturated heterocycles. The number of amides is 3. The summed E-state index contributed by atoms with van der Waals surface area (Å²) in [6, 6.07) is 14.6. The molecule has 1 aliphatic rings. The van der Waals surface area contributed by atoms with Crippen LogP contribution in [0.2, 0.25) is 0 Å². The normalized spacial score (nSPS) is 13.3. The molecule has 2 heterocycles. The molecule has 1 aromatic heterocycles. The zero-order valence-electron chi connectivity index (χ0n) is 14.5. The Morgan fingerprint density at radius 1 is 1.00 bits per heavy atom. The molecule has 4 rings (SSSR count). The number of fused-ring (bicyclic) bond motifs is 2. The van der Waals surface area contributed by atoms with Gasteiger partial charge in [0.15, 0.2) is 0 Å². The molecule has 6 nitrogen and oxygen atoms in total. The molecule has 2 aromatic carbocycles. The Labute approximate surface area is 159 Å². The standard InChI is InChI=1S/C20H17N3O3S/c24-17(21-11-9-18-22-15-7-3-4-8-16(15)27-18)10-12-23-19(25)13-5-1-2-6-14(13)20(23)26/h1-8H,9-12H2,(H,21,24). The van der Waals surface area contributed by atoms with E-state index in [-0.39, 0.29) is 30.7 Å². The van der Waals surface area contributed by atoms with Crippen molar-refractivity contribution in [1.29, 1.82) is 0 Å². The number of nitrogens with one attached hydrogen (secondary N) is 1. The second-order valence-corrected chi connectivity index (χ2v) is 7.35. The number of hydrogen-bond acceptors (Lipinski definition) is 5. The molecule has 0 aliphatic carbocycles. The summed E-state index contributed by atoms with van der Waals surface area (Å²) in [6.07, 6.45) is 0.740. The van der Waals surface area contributed by atoms with E-state index >= 15 is 0 Å². The first-order valence-corrected chi connectivity index (χ1v) is 9.51. The van der Waals surface area contributed by atoms with E-state index in [9.17, 15) is 14.4 Å². The Balaban J connectivity index is 1.27. The van der Waals surface area contributed by atoms with E-state index in [4.69, 9.17) is 0 Å². The van der Waals surface area contributed by atoms with Crippen LogP contribution in [0.4, 0.5) is 0 Å². The molecule has 136 valence electrons. The minimum atomic E-state index is -0.335. The summed E-state index contributed by atoms with van der Waals surface area (Å²) in [6.45, 7) is 0.556. The minimum Gasteiger partial charge on any atom is -0.356 e. The van der Waals surface area contributed by atoms with E-state index in [2.05, 4.69) is 10.3 Å².